The Bertz CT molecular complexity index is 2380. The molecule has 7 amide bonds. The normalized spacial score (nSPS) is 9.02. The lowest BCUT2D eigenvalue weighted by molar-refractivity contribution is -0.145. The van der Waals surface area contributed by atoms with E-state index in [0.29, 0.717) is 231 Å². The van der Waals surface area contributed by atoms with Crippen molar-refractivity contribution in [2.75, 3.05) is 217 Å². The van der Waals surface area contributed by atoms with Gasteiger partial charge in [0.1, 0.15) is 18.2 Å². The number of hydrogen-bond acceptors (Lipinski definition) is 21. The number of nitrogens with zero attached hydrogens (tertiary/aromatic N) is 7. The van der Waals surface area contributed by atoms with E-state index in [-0.39, 0.29) is 342 Å². The number of nitrogens with two attached hydrogens (primary N) is 1. The Balaban J connectivity index is -0.0000000394. The Labute approximate surface area is 897 Å². The topological polar surface area (TPSA) is 331 Å². The van der Waals surface area contributed by atoms with E-state index in [1.54, 1.807) is 7.11 Å². The number of carbonyl (C=O) groups excluding carboxylic acids is 10. The zero-order valence-corrected chi connectivity index (χ0v) is 71.1. The smallest absolute Gasteiger partial charge is 0.305 e. The fourth-order valence-corrected chi connectivity index (χ4v) is 11.3. The average molecular weight is 2070 g/mol. The predicted molar refractivity (Wildman–Crippen MR) is 656 cm³/mol. The Morgan fingerprint density at radius 3 is 0.950 bits per heavy atom. The molecule has 0 radical (unpaired) electrons. The van der Waals surface area contributed by atoms with Crippen molar-refractivity contribution in [3.8, 4) is 0 Å². The highest BCUT2D eigenvalue weighted by atomic mass is 16.6. The molecule has 9 N–H and O–H groups in total. The van der Waals surface area contributed by atoms with Crippen LogP contribution in [-0.4, -0.2) is 317 Å². The number of methoxy groups -OCH3 is 1. The molecule has 28 heteroatoms. The van der Waals surface area contributed by atoms with Gasteiger partial charge in [-0.3, -0.25) is 52.8 Å². The highest BCUT2D eigenvalue weighted by Crippen LogP contribution is 2.11. The molecule has 0 aliphatic carbocycles. The summed E-state index contributed by atoms with van der Waals surface area (Å²) in [4.78, 5) is 140. The van der Waals surface area contributed by atoms with E-state index in [4.69, 9.17) is 19.9 Å². The summed E-state index contributed by atoms with van der Waals surface area (Å²) in [6.07, 6.45) is 7.04. The predicted octanol–water partition coefficient (Wildman–Crippen LogP) is 26.0. The molecule has 896 valence electrons. The van der Waals surface area contributed by atoms with E-state index in [0.717, 1.165) is 71.6 Å². The number of rotatable bonds is 70. The first-order chi connectivity index (χ1) is 51.3. The highest BCUT2D eigenvalue weighted by molar-refractivity contribution is 5.81. The van der Waals surface area contributed by atoms with Gasteiger partial charge in [-0.05, 0) is 89.3 Å². The first kappa shape index (κ1) is 243. The second kappa shape index (κ2) is 160. The van der Waals surface area contributed by atoms with Gasteiger partial charge in [0.2, 0.25) is 41.4 Å². The van der Waals surface area contributed by atoms with Crippen molar-refractivity contribution in [2.24, 2.45) is 41.2 Å². The number of ketones is 2. The maximum atomic E-state index is 12.8. The van der Waals surface area contributed by atoms with E-state index in [2.05, 4.69) is 145 Å². The van der Waals surface area contributed by atoms with Crippen LogP contribution in [0.4, 0.5) is 0 Å². The van der Waals surface area contributed by atoms with Crippen molar-refractivity contribution in [1.82, 2.24) is 71.5 Å². The van der Waals surface area contributed by atoms with Gasteiger partial charge >= 0.3 is 5.97 Å². The maximum absolute atomic E-state index is 12.8. The molecule has 0 rings (SSSR count). The van der Waals surface area contributed by atoms with E-state index in [1.807, 2.05) is 37.6 Å². The van der Waals surface area contributed by atoms with Crippen LogP contribution >= 0.6 is 0 Å². The van der Waals surface area contributed by atoms with Crippen LogP contribution in [0.2, 0.25) is 0 Å². The zero-order chi connectivity index (χ0) is 81.5. The average Bonchev–Trinajstić information content (AvgIpc) is 0.907. The van der Waals surface area contributed by atoms with E-state index in [1.165, 1.54) is 0 Å². The summed E-state index contributed by atoms with van der Waals surface area (Å²) in [5.41, 5.74) is 5.49. The molecule has 0 spiro atoms. The van der Waals surface area contributed by atoms with Crippen LogP contribution in [0.1, 0.15) is 445 Å². The number of nitrogens with one attached hydrogen (secondary N) is 7. The Morgan fingerprint density at radius 1 is 0.284 bits per heavy atom. The molecule has 0 bridgehead atoms. The molecule has 0 atom stereocenters. The summed E-state index contributed by atoms with van der Waals surface area (Å²) < 4.78 is 15.2. The summed E-state index contributed by atoms with van der Waals surface area (Å²) in [5.74, 6) is 2.32. The molecular formula is C113H291N15O13. The van der Waals surface area contributed by atoms with Crippen LogP contribution in [0, 0.1) is 35.5 Å². The van der Waals surface area contributed by atoms with Crippen molar-refractivity contribution >= 4 is 58.9 Å². The van der Waals surface area contributed by atoms with Crippen molar-refractivity contribution < 1.29 is 62.2 Å². The molecule has 141 heavy (non-hydrogen) atoms. The third kappa shape index (κ3) is 160. The van der Waals surface area contributed by atoms with E-state index < -0.39 is 0 Å². The number of Topliss-reactive ketones (excluding diaryl/α,β-unsaturated/α-hetero) is 2. The minimum absolute atomic E-state index is 0. The first-order valence-electron chi connectivity index (χ1n) is 41.2. The molecule has 0 heterocycles. The lowest BCUT2D eigenvalue weighted by Crippen LogP contribution is -2.43. The minimum atomic E-state index is -0.355. The largest absolute Gasteiger partial charge is 0.463 e. The summed E-state index contributed by atoms with van der Waals surface area (Å²) in [7, 11) is 3.48. The lowest BCUT2D eigenvalue weighted by Gasteiger charge is -2.32. The van der Waals surface area contributed by atoms with Gasteiger partial charge in [0.25, 0.3) is 0 Å². The second-order valence-electron chi connectivity index (χ2n) is 31.4. The maximum Gasteiger partial charge on any atom is 0.305 e. The molecule has 0 fully saturated rings. The van der Waals surface area contributed by atoms with Crippen LogP contribution in [0.15, 0.2) is 0 Å². The summed E-state index contributed by atoms with van der Waals surface area (Å²) in [6.45, 7) is 50.7. The Kier molecular flexibility index (Phi) is 275. The second-order valence-corrected chi connectivity index (χ2v) is 31.4. The fourth-order valence-electron chi connectivity index (χ4n) is 11.3. The van der Waals surface area contributed by atoms with Gasteiger partial charge < -0.3 is 86.6 Å². The molecule has 0 saturated carbocycles. The van der Waals surface area contributed by atoms with Crippen LogP contribution in [-0.2, 0) is 62.2 Å². The van der Waals surface area contributed by atoms with Gasteiger partial charge in [-0.15, -0.1) is 0 Å². The monoisotopic (exact) mass is 2070 g/mol. The molecule has 0 aromatic carbocycles. The molecule has 28 nitrogen and oxygen atoms in total. The molecule has 0 aliphatic rings. The Morgan fingerprint density at radius 2 is 0.603 bits per heavy atom. The van der Waals surface area contributed by atoms with Crippen LogP contribution in [0.3, 0.4) is 0 Å². The number of ether oxygens (including phenoxy) is 3. The SMILES string of the molecule is C.C.C.C.C.C.C.C.C.C.C.C.C.C.C.C.C.C.C.C.C.C.C.C.C.C.C.C.C.C.C.C.C.CCCNC(=O)CCN(CCNC(=O)CCN(CCNC(=O)CCN(CCN(CC(C)C)C(C)C)CC(C)C)CC(C)C)CCC(=O)C(C)C.COCCOCCOC(=O)CCCNC(=O)CCN(CCNC(=O)CCN(C)CCC(=O)CCCN(CCC(=O)NCC(C)C)CCC(C)C)CCC(=O)NCCN. The molecule has 0 aliphatic heterocycles. The first-order valence-corrected chi connectivity index (χ1v) is 41.2. The van der Waals surface area contributed by atoms with Crippen LogP contribution in [0.25, 0.3) is 0 Å². The fraction of sp³-hybridized carbons (Fsp3) is 0.912. The third-order valence-corrected chi connectivity index (χ3v) is 17.8. The van der Waals surface area contributed by atoms with Gasteiger partial charge in [-0.25, -0.2) is 0 Å². The number of esters is 1. The van der Waals surface area contributed by atoms with Crippen molar-refractivity contribution in [1.29, 1.82) is 0 Å². The van der Waals surface area contributed by atoms with E-state index >= 15 is 0 Å². The molecule has 0 aromatic rings. The van der Waals surface area contributed by atoms with Crippen LogP contribution in [0.5, 0.6) is 0 Å². The van der Waals surface area contributed by atoms with Gasteiger partial charge in [0.15, 0.2) is 0 Å². The van der Waals surface area contributed by atoms with E-state index in [9.17, 15) is 47.9 Å². The quantitative estimate of drug-likeness (QED) is 0.0207. The molecule has 0 aromatic heterocycles. The summed E-state index contributed by atoms with van der Waals surface area (Å²) in [6, 6.07) is 0.505. The minimum Gasteiger partial charge on any atom is -0.463 e. The standard InChI is InChI=1S/C41H80N8O9.C39H79N7O4.33CH4/c1-34(2)11-24-48(25-16-40(54)46-33-35(3)4)21-8-9-36(50)12-22-47(5)23-13-37(51)45-20-28-49(27-15-39(53)44-19-17-42)26-14-38(52)43-18-7-10-41(55)58-32-31-57-30-29-56-6;1-12-17-40-37(48)14-21-43(20-13-36(47)34(8)9)24-18-41-38(49)15-22-44(28-31(2)3)25-19-42-39(50)16-23-45(29-32(4)5)26-27-46(35(10)11)30-33(6)7;;;;;;;;;;;;;;;;;;;;;;;;;;;;;;;;;/h34-35H,7-33,42H2,1-6H3,(H,43,52)(H,44,53)(H,45,51)(H,46,54);31-35H,12-30H2,1-11H3,(H,40,48)(H,41,49)(H,42,50);33*1H4. The Hall–Kier alpha value is -5.30. The number of amides is 7. The number of hydrogen-bond donors (Lipinski definition) is 8. The van der Waals surface area contributed by atoms with Gasteiger partial charge in [-0.1, -0.05) is 335 Å². The number of carbonyl (C=O) groups is 10. The lowest BCUT2D eigenvalue weighted by atomic mass is 10.1. The highest BCUT2D eigenvalue weighted by Gasteiger charge is 2.20. The van der Waals surface area contributed by atoms with Gasteiger partial charge in [0.05, 0.1) is 19.8 Å². The summed E-state index contributed by atoms with van der Waals surface area (Å²) in [5, 5.41) is 20.5. The van der Waals surface area contributed by atoms with Gasteiger partial charge in [-0.2, -0.15) is 0 Å². The molecular weight excluding hydrogens is 1780 g/mol. The van der Waals surface area contributed by atoms with Crippen molar-refractivity contribution in [3.05, 3.63) is 0 Å². The van der Waals surface area contributed by atoms with Crippen molar-refractivity contribution in [2.45, 2.75) is 451 Å². The summed E-state index contributed by atoms with van der Waals surface area (Å²) >= 11 is 0. The molecule has 0 unspecified atom stereocenters. The van der Waals surface area contributed by atoms with Crippen molar-refractivity contribution in [3.63, 3.8) is 0 Å². The molecule has 0 saturated heterocycles. The van der Waals surface area contributed by atoms with Crippen LogP contribution < -0.4 is 43.0 Å². The third-order valence-electron chi connectivity index (χ3n) is 17.8. The van der Waals surface area contributed by atoms with Gasteiger partial charge in [0, 0.05) is 253 Å². The zero-order valence-electron chi connectivity index (χ0n) is 71.1.